The standard InChI is InChI=1S/C32H30O10/c1-2-18-36-20-25-39-28-27(42-31(35)23-16-10-5-11-17-23)26(41-30(34)22-14-8-4-9-15-22)24(38-32(28)40-25)19-37-29(33)21-12-6-3-7-13-21/h2-17,24-28,32H,1,18-20H2/t24-,25?,26-,27+,28+,32+/m1/s1. The smallest absolute Gasteiger partial charge is 0.338 e. The van der Waals surface area contributed by atoms with Crippen LogP contribution in [0.25, 0.3) is 0 Å². The zero-order valence-electron chi connectivity index (χ0n) is 22.6. The molecule has 0 aromatic heterocycles. The Balaban J connectivity index is 1.43. The third-order valence-corrected chi connectivity index (χ3v) is 6.57. The first-order chi connectivity index (χ1) is 20.5. The molecule has 2 saturated heterocycles. The van der Waals surface area contributed by atoms with E-state index in [4.69, 9.17) is 33.2 Å². The van der Waals surface area contributed by atoms with Gasteiger partial charge in [0, 0.05) is 0 Å². The highest BCUT2D eigenvalue weighted by Crippen LogP contribution is 2.35. The van der Waals surface area contributed by atoms with Crippen LogP contribution in [0.5, 0.6) is 0 Å². The van der Waals surface area contributed by atoms with E-state index in [-0.39, 0.29) is 30.9 Å². The number of hydrogen-bond donors (Lipinski definition) is 0. The van der Waals surface area contributed by atoms with Gasteiger partial charge in [-0.05, 0) is 36.4 Å². The molecule has 0 bridgehead atoms. The van der Waals surface area contributed by atoms with Crippen molar-refractivity contribution in [2.24, 2.45) is 0 Å². The molecular formula is C32H30O10. The molecule has 10 heteroatoms. The minimum Gasteiger partial charge on any atom is -0.459 e. The number of ether oxygens (including phenoxy) is 7. The molecule has 0 spiro atoms. The average molecular weight is 575 g/mol. The summed E-state index contributed by atoms with van der Waals surface area (Å²) < 4.78 is 41.0. The number of benzene rings is 3. The normalized spacial score (nSPS) is 24.7. The van der Waals surface area contributed by atoms with Crippen molar-refractivity contribution in [3.05, 3.63) is 120 Å². The average Bonchev–Trinajstić information content (AvgIpc) is 3.45. The third kappa shape index (κ3) is 7.10. The van der Waals surface area contributed by atoms with Gasteiger partial charge in [-0.25, -0.2) is 14.4 Å². The first-order valence-electron chi connectivity index (χ1n) is 13.4. The summed E-state index contributed by atoms with van der Waals surface area (Å²) in [6.45, 7) is 3.60. The topological polar surface area (TPSA) is 116 Å². The Bertz CT molecular complexity index is 1350. The summed E-state index contributed by atoms with van der Waals surface area (Å²) in [5.41, 5.74) is 0.883. The van der Waals surface area contributed by atoms with Crippen LogP contribution in [0.3, 0.4) is 0 Å². The SMILES string of the molecule is C=CCOCC1O[C@@H]2O[C@H](COC(=O)c3ccccc3)[C@@H](OC(=O)c3ccccc3)[C@H](OC(=O)c3ccccc3)[C@@H]2O1. The van der Waals surface area contributed by atoms with E-state index < -0.39 is 54.9 Å². The van der Waals surface area contributed by atoms with Gasteiger partial charge in [-0.3, -0.25) is 0 Å². The molecule has 0 radical (unpaired) electrons. The van der Waals surface area contributed by atoms with E-state index in [1.807, 2.05) is 0 Å². The summed E-state index contributed by atoms with van der Waals surface area (Å²) in [5, 5.41) is 0. The molecule has 0 saturated carbocycles. The minimum atomic E-state index is -1.23. The lowest BCUT2D eigenvalue weighted by atomic mass is 9.98. The first-order valence-corrected chi connectivity index (χ1v) is 13.4. The molecule has 0 amide bonds. The van der Waals surface area contributed by atoms with Gasteiger partial charge >= 0.3 is 17.9 Å². The molecule has 0 N–H and O–H groups in total. The molecule has 218 valence electrons. The molecule has 1 unspecified atom stereocenters. The fraction of sp³-hybridized carbons (Fsp3) is 0.281. The summed E-state index contributed by atoms with van der Waals surface area (Å²) >= 11 is 0. The molecular weight excluding hydrogens is 544 g/mol. The van der Waals surface area contributed by atoms with E-state index in [1.165, 1.54) is 0 Å². The number of carbonyl (C=O) groups is 3. The summed E-state index contributed by atoms with van der Waals surface area (Å²) in [6, 6.07) is 25.1. The quantitative estimate of drug-likeness (QED) is 0.144. The van der Waals surface area contributed by atoms with Crippen molar-refractivity contribution in [1.82, 2.24) is 0 Å². The van der Waals surface area contributed by atoms with Gasteiger partial charge in [-0.2, -0.15) is 0 Å². The second-order valence-corrected chi connectivity index (χ2v) is 9.47. The van der Waals surface area contributed by atoms with Crippen molar-refractivity contribution in [2.75, 3.05) is 19.8 Å². The Hall–Kier alpha value is -4.35. The van der Waals surface area contributed by atoms with Crippen LogP contribution in [-0.4, -0.2) is 74.7 Å². The second kappa shape index (κ2) is 14.0. The molecule has 2 aliphatic heterocycles. The van der Waals surface area contributed by atoms with Gasteiger partial charge in [-0.1, -0.05) is 60.7 Å². The Morgan fingerprint density at radius 1 is 0.667 bits per heavy atom. The van der Waals surface area contributed by atoms with E-state index in [0.717, 1.165) is 0 Å². The van der Waals surface area contributed by atoms with Crippen LogP contribution in [0.15, 0.2) is 104 Å². The summed E-state index contributed by atoms with van der Waals surface area (Å²) in [6.07, 6.45) is -4.79. The molecule has 5 rings (SSSR count). The zero-order chi connectivity index (χ0) is 29.3. The third-order valence-electron chi connectivity index (χ3n) is 6.57. The van der Waals surface area contributed by atoms with Crippen molar-refractivity contribution in [1.29, 1.82) is 0 Å². The molecule has 10 nitrogen and oxygen atoms in total. The minimum absolute atomic E-state index is 0.0455. The molecule has 3 aromatic rings. The summed E-state index contributed by atoms with van der Waals surface area (Å²) in [4.78, 5) is 39.2. The lowest BCUT2D eigenvalue weighted by Crippen LogP contribution is -2.60. The predicted octanol–water partition coefficient (Wildman–Crippen LogP) is 3.96. The van der Waals surface area contributed by atoms with Crippen LogP contribution in [0.2, 0.25) is 0 Å². The van der Waals surface area contributed by atoms with E-state index in [2.05, 4.69) is 6.58 Å². The highest BCUT2D eigenvalue weighted by molar-refractivity contribution is 5.91. The molecule has 6 atom stereocenters. The molecule has 2 heterocycles. The highest BCUT2D eigenvalue weighted by atomic mass is 16.8. The Morgan fingerprint density at radius 3 is 1.74 bits per heavy atom. The number of rotatable bonds is 11. The number of hydrogen-bond acceptors (Lipinski definition) is 10. The van der Waals surface area contributed by atoms with Gasteiger partial charge in [0.05, 0.1) is 29.9 Å². The Morgan fingerprint density at radius 2 is 1.19 bits per heavy atom. The van der Waals surface area contributed by atoms with E-state index in [1.54, 1.807) is 97.1 Å². The fourth-order valence-corrected chi connectivity index (χ4v) is 4.57. The molecule has 3 aromatic carbocycles. The number of carbonyl (C=O) groups excluding carboxylic acids is 3. The molecule has 2 fully saturated rings. The van der Waals surface area contributed by atoms with Crippen LogP contribution in [-0.2, 0) is 33.2 Å². The maximum atomic E-state index is 13.2. The van der Waals surface area contributed by atoms with Crippen LogP contribution in [0, 0.1) is 0 Å². The van der Waals surface area contributed by atoms with Crippen LogP contribution in [0.1, 0.15) is 31.1 Å². The first kappa shape index (κ1) is 29.2. The van der Waals surface area contributed by atoms with Gasteiger partial charge < -0.3 is 33.2 Å². The Kier molecular flexibility index (Phi) is 9.73. The Labute approximate surface area is 242 Å². The lowest BCUT2D eigenvalue weighted by molar-refractivity contribution is -0.253. The van der Waals surface area contributed by atoms with Gasteiger partial charge in [0.1, 0.15) is 12.7 Å². The fourth-order valence-electron chi connectivity index (χ4n) is 4.57. The molecule has 42 heavy (non-hydrogen) atoms. The van der Waals surface area contributed by atoms with E-state index >= 15 is 0 Å². The van der Waals surface area contributed by atoms with Crippen molar-refractivity contribution < 1.29 is 47.5 Å². The summed E-state index contributed by atoms with van der Waals surface area (Å²) in [5.74, 6) is -1.96. The van der Waals surface area contributed by atoms with Crippen molar-refractivity contribution >= 4 is 17.9 Å². The van der Waals surface area contributed by atoms with Crippen LogP contribution < -0.4 is 0 Å². The molecule has 0 aliphatic carbocycles. The summed E-state index contributed by atoms with van der Waals surface area (Å²) in [7, 11) is 0. The maximum Gasteiger partial charge on any atom is 0.338 e. The van der Waals surface area contributed by atoms with E-state index in [0.29, 0.717) is 5.56 Å². The van der Waals surface area contributed by atoms with Gasteiger partial charge in [0.25, 0.3) is 0 Å². The van der Waals surface area contributed by atoms with Gasteiger partial charge in [-0.15, -0.1) is 6.58 Å². The van der Waals surface area contributed by atoms with Gasteiger partial charge in [0.2, 0.25) is 0 Å². The highest BCUT2D eigenvalue weighted by Gasteiger charge is 2.56. The van der Waals surface area contributed by atoms with Crippen LogP contribution in [0.4, 0.5) is 0 Å². The zero-order valence-corrected chi connectivity index (χ0v) is 22.6. The van der Waals surface area contributed by atoms with Crippen molar-refractivity contribution in [2.45, 2.75) is 37.0 Å². The lowest BCUT2D eigenvalue weighted by Gasteiger charge is -2.41. The van der Waals surface area contributed by atoms with Crippen LogP contribution >= 0.6 is 0 Å². The predicted molar refractivity (Wildman–Crippen MR) is 147 cm³/mol. The van der Waals surface area contributed by atoms with Crippen molar-refractivity contribution in [3.8, 4) is 0 Å². The number of fused-ring (bicyclic) bond motifs is 1. The van der Waals surface area contributed by atoms with E-state index in [9.17, 15) is 14.4 Å². The maximum absolute atomic E-state index is 13.2. The largest absolute Gasteiger partial charge is 0.459 e. The second-order valence-electron chi connectivity index (χ2n) is 9.47. The van der Waals surface area contributed by atoms with Crippen molar-refractivity contribution in [3.63, 3.8) is 0 Å². The van der Waals surface area contributed by atoms with Gasteiger partial charge in [0.15, 0.2) is 30.9 Å². The molecule has 2 aliphatic rings. The monoisotopic (exact) mass is 574 g/mol. The number of esters is 3.